The molecule has 1 heterocycles. The number of Topliss-reactive ketones (excluding diaryl/α,β-unsaturated/α-hetero) is 1. The van der Waals surface area contributed by atoms with Gasteiger partial charge < -0.3 is 9.21 Å². The van der Waals surface area contributed by atoms with Gasteiger partial charge >= 0.3 is 11.4 Å². The van der Waals surface area contributed by atoms with Crippen LogP contribution in [0.15, 0.2) is 38.3 Å². The average molecular weight is 221 g/mol. The lowest BCUT2D eigenvalue weighted by Gasteiger charge is -1.91. The zero-order valence-electron chi connectivity index (χ0n) is 8.94. The first kappa shape index (κ1) is 11.9. The number of carbonyl (C=O) groups is 1. The van der Waals surface area contributed by atoms with Crippen LogP contribution < -0.4 is 11.4 Å². The minimum atomic E-state index is -0.723. The molecule has 0 atom stereocenters. The second kappa shape index (κ2) is 5.06. The van der Waals surface area contributed by atoms with E-state index in [2.05, 4.69) is 9.40 Å². The Balaban J connectivity index is 0.000000280. The summed E-state index contributed by atoms with van der Waals surface area (Å²) in [7, 11) is 0. The predicted molar refractivity (Wildman–Crippen MR) is 59.5 cm³/mol. The summed E-state index contributed by atoms with van der Waals surface area (Å²) in [4.78, 5) is 33.5. The van der Waals surface area contributed by atoms with Crippen LogP contribution in [0.5, 0.6) is 0 Å². The van der Waals surface area contributed by atoms with Crippen LogP contribution in [0.1, 0.15) is 13.8 Å². The summed E-state index contributed by atoms with van der Waals surface area (Å²) < 4.78 is 4.32. The van der Waals surface area contributed by atoms with E-state index in [1.54, 1.807) is 24.3 Å². The van der Waals surface area contributed by atoms with E-state index < -0.39 is 11.4 Å². The van der Waals surface area contributed by atoms with Gasteiger partial charge in [0.25, 0.3) is 0 Å². The van der Waals surface area contributed by atoms with E-state index in [-0.39, 0.29) is 5.78 Å². The van der Waals surface area contributed by atoms with Crippen molar-refractivity contribution < 1.29 is 9.21 Å². The Kier molecular flexibility index (Phi) is 3.77. The largest absolute Gasteiger partial charge is 0.419 e. The number of hydrogen-bond donors (Lipinski definition) is 1. The van der Waals surface area contributed by atoms with Gasteiger partial charge in [-0.1, -0.05) is 12.1 Å². The Hall–Kier alpha value is -2.17. The number of carbonyl (C=O) groups excluding carboxylic acids is 1. The molecule has 0 saturated carbocycles. The van der Waals surface area contributed by atoms with Gasteiger partial charge in [0.05, 0.1) is 10.9 Å². The van der Waals surface area contributed by atoms with E-state index in [4.69, 9.17) is 0 Å². The predicted octanol–water partition coefficient (Wildman–Crippen LogP) is 1.08. The van der Waals surface area contributed by atoms with Gasteiger partial charge in [-0.15, -0.1) is 0 Å². The minimum absolute atomic E-state index is 0.167. The number of hydrogen-bond acceptors (Lipinski definition) is 4. The van der Waals surface area contributed by atoms with Gasteiger partial charge in [-0.3, -0.25) is 4.98 Å². The monoisotopic (exact) mass is 221 g/mol. The maximum Gasteiger partial charge on any atom is 0.419 e. The van der Waals surface area contributed by atoms with E-state index in [0.717, 1.165) is 0 Å². The first-order valence-corrected chi connectivity index (χ1v) is 4.60. The Morgan fingerprint density at radius 1 is 1.19 bits per heavy atom. The quantitative estimate of drug-likeness (QED) is 0.721. The van der Waals surface area contributed by atoms with E-state index in [0.29, 0.717) is 10.9 Å². The fraction of sp³-hybridized carbons (Fsp3) is 0.182. The molecule has 1 aromatic carbocycles. The third-order valence-electron chi connectivity index (χ3n) is 1.57. The van der Waals surface area contributed by atoms with Gasteiger partial charge in [0.15, 0.2) is 0 Å². The lowest BCUT2D eigenvalue weighted by atomic mass is 10.2. The summed E-state index contributed by atoms with van der Waals surface area (Å²) in [5.74, 6) is -0.557. The molecule has 5 heteroatoms. The molecule has 84 valence electrons. The van der Waals surface area contributed by atoms with Crippen LogP contribution in [0.3, 0.4) is 0 Å². The van der Waals surface area contributed by atoms with Crippen molar-refractivity contribution in [2.24, 2.45) is 0 Å². The molecule has 0 saturated heterocycles. The maximum atomic E-state index is 11.0. The summed E-state index contributed by atoms with van der Waals surface area (Å²) >= 11 is 0. The summed E-state index contributed by atoms with van der Waals surface area (Å²) in [6, 6.07) is 6.68. The second-order valence-electron chi connectivity index (χ2n) is 3.26. The second-order valence-corrected chi connectivity index (χ2v) is 3.26. The Bertz CT molecular complexity index is 605. The van der Waals surface area contributed by atoms with Crippen molar-refractivity contribution in [3.05, 3.63) is 45.2 Å². The summed E-state index contributed by atoms with van der Waals surface area (Å²) in [6.07, 6.45) is 0. The molecule has 5 nitrogen and oxygen atoms in total. The normalized spacial score (nSPS) is 9.38. The van der Waals surface area contributed by atoms with Crippen LogP contribution in [0.2, 0.25) is 0 Å². The van der Waals surface area contributed by atoms with Crippen LogP contribution in [0.4, 0.5) is 0 Å². The smallest absolute Gasteiger partial charge is 0.372 e. The Labute approximate surface area is 90.7 Å². The van der Waals surface area contributed by atoms with Crippen molar-refractivity contribution in [3.8, 4) is 0 Å². The molecule has 0 unspecified atom stereocenters. The molecule has 1 aromatic heterocycles. The first-order chi connectivity index (χ1) is 7.50. The van der Waals surface area contributed by atoms with E-state index in [1.807, 2.05) is 0 Å². The van der Waals surface area contributed by atoms with Gasteiger partial charge in [-0.25, -0.2) is 9.59 Å². The third-order valence-corrected chi connectivity index (χ3v) is 1.57. The first-order valence-electron chi connectivity index (χ1n) is 4.60. The van der Waals surface area contributed by atoms with Crippen molar-refractivity contribution in [1.29, 1.82) is 0 Å². The van der Waals surface area contributed by atoms with Gasteiger partial charge in [-0.05, 0) is 26.0 Å². The maximum absolute atomic E-state index is 11.0. The van der Waals surface area contributed by atoms with E-state index in [1.165, 1.54) is 13.8 Å². The van der Waals surface area contributed by atoms with Crippen LogP contribution in [-0.4, -0.2) is 10.8 Å². The topological polar surface area (TPSA) is 80.1 Å². The average Bonchev–Trinajstić information content (AvgIpc) is 2.16. The molecule has 0 aliphatic carbocycles. The van der Waals surface area contributed by atoms with Gasteiger partial charge in [0.2, 0.25) is 0 Å². The van der Waals surface area contributed by atoms with E-state index in [9.17, 15) is 14.4 Å². The molecule has 0 aliphatic heterocycles. The third kappa shape index (κ3) is 3.20. The standard InChI is InChI=1S/C8H5NO3.C3H6O/c10-7-5-3-1-2-4-6(5)9-8(11)12-7;1-3(2)4/h1-4H,(H,9,11);1-2H3. The number of H-pyrrole nitrogens is 1. The molecular weight excluding hydrogens is 210 g/mol. The number of aromatic amines is 1. The molecule has 0 fully saturated rings. The highest BCUT2D eigenvalue weighted by atomic mass is 16.4. The lowest BCUT2D eigenvalue weighted by Crippen LogP contribution is -2.13. The van der Waals surface area contributed by atoms with Crippen molar-refractivity contribution >= 4 is 16.7 Å². The van der Waals surface area contributed by atoms with Crippen LogP contribution in [0, 0.1) is 0 Å². The van der Waals surface area contributed by atoms with Crippen molar-refractivity contribution in [2.45, 2.75) is 13.8 Å². The summed E-state index contributed by atoms with van der Waals surface area (Å²) in [6.45, 7) is 3.06. The van der Waals surface area contributed by atoms with Gasteiger partial charge in [-0.2, -0.15) is 0 Å². The highest BCUT2D eigenvalue weighted by Gasteiger charge is 1.98. The molecule has 16 heavy (non-hydrogen) atoms. The molecule has 2 rings (SSSR count). The Morgan fingerprint density at radius 2 is 1.75 bits per heavy atom. The zero-order valence-corrected chi connectivity index (χ0v) is 8.94. The van der Waals surface area contributed by atoms with Crippen molar-refractivity contribution in [2.75, 3.05) is 0 Å². The lowest BCUT2D eigenvalue weighted by molar-refractivity contribution is -0.114. The van der Waals surface area contributed by atoms with Crippen LogP contribution in [0.25, 0.3) is 10.9 Å². The van der Waals surface area contributed by atoms with Crippen LogP contribution in [-0.2, 0) is 4.79 Å². The number of nitrogens with one attached hydrogen (secondary N) is 1. The number of benzene rings is 1. The molecule has 0 aliphatic rings. The number of rotatable bonds is 0. The Morgan fingerprint density at radius 3 is 2.38 bits per heavy atom. The van der Waals surface area contributed by atoms with Crippen LogP contribution >= 0.6 is 0 Å². The molecule has 2 aromatic rings. The van der Waals surface area contributed by atoms with Crippen molar-refractivity contribution in [3.63, 3.8) is 0 Å². The van der Waals surface area contributed by atoms with Gasteiger partial charge in [0.1, 0.15) is 5.78 Å². The summed E-state index contributed by atoms with van der Waals surface area (Å²) in [5, 5.41) is 0.386. The zero-order chi connectivity index (χ0) is 12.1. The number of para-hydroxylation sites is 1. The SMILES string of the molecule is CC(C)=O.O=c1[nH]c2ccccc2c(=O)o1. The number of aromatic nitrogens is 1. The number of fused-ring (bicyclic) bond motifs is 1. The molecule has 0 spiro atoms. The van der Waals surface area contributed by atoms with Crippen molar-refractivity contribution in [1.82, 2.24) is 4.98 Å². The molecule has 0 bridgehead atoms. The minimum Gasteiger partial charge on any atom is -0.372 e. The fourth-order valence-electron chi connectivity index (χ4n) is 1.04. The van der Waals surface area contributed by atoms with Gasteiger partial charge in [0, 0.05) is 0 Å². The molecule has 0 radical (unpaired) electrons. The molecular formula is C11H11NO4. The highest BCUT2D eigenvalue weighted by Crippen LogP contribution is 2.01. The van der Waals surface area contributed by atoms with E-state index >= 15 is 0 Å². The molecule has 0 amide bonds. The molecule has 1 N–H and O–H groups in total. The highest BCUT2D eigenvalue weighted by molar-refractivity contribution is 5.76. The fourth-order valence-corrected chi connectivity index (χ4v) is 1.04. The number of ketones is 1. The summed E-state index contributed by atoms with van der Waals surface area (Å²) in [5.41, 5.74) is -0.104.